The zero-order valence-electron chi connectivity index (χ0n) is 8.06. The SMILES string of the molecule is [B][C@@H](CC)CCCC=C(C)C. The lowest BCUT2D eigenvalue weighted by Gasteiger charge is -2.05. The van der Waals surface area contributed by atoms with Crippen molar-refractivity contribution in [3.63, 3.8) is 0 Å². The van der Waals surface area contributed by atoms with Crippen LogP contribution in [0, 0.1) is 0 Å². The molecule has 0 saturated heterocycles. The monoisotopic (exact) mass is 150 g/mol. The number of hydrogen-bond donors (Lipinski definition) is 0. The van der Waals surface area contributed by atoms with Gasteiger partial charge >= 0.3 is 0 Å². The maximum atomic E-state index is 5.77. The van der Waals surface area contributed by atoms with Crippen LogP contribution >= 0.6 is 0 Å². The van der Waals surface area contributed by atoms with Gasteiger partial charge in [-0.3, -0.25) is 0 Å². The molecule has 2 radical (unpaired) electrons. The topological polar surface area (TPSA) is 0 Å². The van der Waals surface area contributed by atoms with E-state index in [4.69, 9.17) is 7.85 Å². The van der Waals surface area contributed by atoms with Crippen LogP contribution in [0.2, 0.25) is 5.82 Å². The summed E-state index contributed by atoms with van der Waals surface area (Å²) in [4.78, 5) is 0. The lowest BCUT2D eigenvalue weighted by Crippen LogP contribution is -1.89. The molecule has 62 valence electrons. The van der Waals surface area contributed by atoms with E-state index in [0.29, 0.717) is 5.82 Å². The first-order chi connectivity index (χ1) is 5.16. The largest absolute Gasteiger partial charge is 0.0859 e. The predicted octanol–water partition coefficient (Wildman–Crippen LogP) is 3.49. The summed E-state index contributed by atoms with van der Waals surface area (Å²) in [6.07, 6.45) is 6.98. The van der Waals surface area contributed by atoms with Crippen LogP contribution in [-0.2, 0) is 0 Å². The van der Waals surface area contributed by atoms with Crippen molar-refractivity contribution < 1.29 is 0 Å². The van der Waals surface area contributed by atoms with Crippen molar-refractivity contribution in [1.82, 2.24) is 0 Å². The molecular formula is C10H19B. The molecule has 1 heteroatoms. The van der Waals surface area contributed by atoms with E-state index in [-0.39, 0.29) is 0 Å². The Labute approximate surface area is 72.5 Å². The maximum Gasteiger partial charge on any atom is 0.0699 e. The zero-order valence-corrected chi connectivity index (χ0v) is 8.06. The fourth-order valence-corrected chi connectivity index (χ4v) is 0.975. The standard InChI is InChI=1S/C10H19B/c1-4-10(11)8-6-5-7-9(2)3/h7,10H,4-6,8H2,1-3H3/t10-/m0/s1. The normalized spacial score (nSPS) is 12.6. The summed E-state index contributed by atoms with van der Waals surface area (Å²) in [5.41, 5.74) is 1.41. The molecule has 0 rings (SSSR count). The summed E-state index contributed by atoms with van der Waals surface area (Å²) in [5, 5.41) is 0. The van der Waals surface area contributed by atoms with Gasteiger partial charge in [-0.25, -0.2) is 0 Å². The average Bonchev–Trinajstić information content (AvgIpc) is 1.97. The van der Waals surface area contributed by atoms with E-state index >= 15 is 0 Å². The molecular weight excluding hydrogens is 131 g/mol. The summed E-state index contributed by atoms with van der Waals surface area (Å²) >= 11 is 0. The van der Waals surface area contributed by atoms with E-state index in [1.807, 2.05) is 0 Å². The molecule has 0 unspecified atom stereocenters. The van der Waals surface area contributed by atoms with Crippen molar-refractivity contribution >= 4 is 7.85 Å². The first kappa shape index (κ1) is 10.8. The fraction of sp³-hybridized carbons (Fsp3) is 0.800. The Balaban J connectivity index is 3.21. The molecule has 0 aliphatic carbocycles. The van der Waals surface area contributed by atoms with Crippen molar-refractivity contribution in [1.29, 1.82) is 0 Å². The minimum absolute atomic E-state index is 0.417. The van der Waals surface area contributed by atoms with E-state index in [9.17, 15) is 0 Å². The van der Waals surface area contributed by atoms with Gasteiger partial charge in [0, 0.05) is 0 Å². The lowest BCUT2D eigenvalue weighted by atomic mass is 9.81. The van der Waals surface area contributed by atoms with Gasteiger partial charge in [0.2, 0.25) is 0 Å². The van der Waals surface area contributed by atoms with Gasteiger partial charge in [-0.05, 0) is 20.3 Å². The highest BCUT2D eigenvalue weighted by Crippen LogP contribution is 2.14. The zero-order chi connectivity index (χ0) is 8.69. The highest BCUT2D eigenvalue weighted by molar-refractivity contribution is 6.11. The summed E-state index contributed by atoms with van der Waals surface area (Å²) in [5.74, 6) is 0.417. The first-order valence-electron chi connectivity index (χ1n) is 4.55. The van der Waals surface area contributed by atoms with Gasteiger partial charge in [-0.2, -0.15) is 0 Å². The number of allylic oxidation sites excluding steroid dienone is 2. The van der Waals surface area contributed by atoms with Crippen molar-refractivity contribution in [2.24, 2.45) is 0 Å². The minimum atomic E-state index is 0.417. The molecule has 0 fully saturated rings. The van der Waals surface area contributed by atoms with E-state index in [1.165, 1.54) is 24.8 Å². The number of rotatable bonds is 5. The highest BCUT2D eigenvalue weighted by atomic mass is 14.0. The Kier molecular flexibility index (Phi) is 6.40. The van der Waals surface area contributed by atoms with Gasteiger partial charge in [-0.15, -0.1) is 0 Å². The van der Waals surface area contributed by atoms with Crippen molar-refractivity contribution in [3.8, 4) is 0 Å². The average molecular weight is 150 g/mol. The molecule has 11 heavy (non-hydrogen) atoms. The molecule has 0 aromatic heterocycles. The Morgan fingerprint density at radius 2 is 2.09 bits per heavy atom. The Morgan fingerprint density at radius 3 is 2.55 bits per heavy atom. The predicted molar refractivity (Wildman–Crippen MR) is 53.1 cm³/mol. The Bertz CT molecular complexity index is 112. The molecule has 0 saturated carbocycles. The molecule has 0 amide bonds. The van der Waals surface area contributed by atoms with Gasteiger partial charge in [0.1, 0.15) is 0 Å². The second-order valence-corrected chi connectivity index (χ2v) is 3.38. The molecule has 0 nitrogen and oxygen atoms in total. The Morgan fingerprint density at radius 1 is 1.45 bits per heavy atom. The van der Waals surface area contributed by atoms with Crippen LogP contribution in [-0.4, -0.2) is 7.85 Å². The van der Waals surface area contributed by atoms with Crippen LogP contribution in [0.25, 0.3) is 0 Å². The summed E-state index contributed by atoms with van der Waals surface area (Å²) in [7, 11) is 5.77. The van der Waals surface area contributed by atoms with Gasteiger partial charge in [0.25, 0.3) is 0 Å². The minimum Gasteiger partial charge on any atom is -0.0859 e. The van der Waals surface area contributed by atoms with E-state index in [2.05, 4.69) is 26.8 Å². The maximum absolute atomic E-state index is 5.77. The molecule has 0 heterocycles. The molecule has 1 atom stereocenters. The second kappa shape index (κ2) is 6.51. The van der Waals surface area contributed by atoms with Crippen LogP contribution in [0.1, 0.15) is 46.5 Å². The van der Waals surface area contributed by atoms with Crippen LogP contribution in [0.5, 0.6) is 0 Å². The number of hydrogen-bond acceptors (Lipinski definition) is 0. The van der Waals surface area contributed by atoms with Crippen LogP contribution in [0.4, 0.5) is 0 Å². The lowest BCUT2D eigenvalue weighted by molar-refractivity contribution is 0.672. The smallest absolute Gasteiger partial charge is 0.0699 e. The Hall–Kier alpha value is -0.195. The molecule has 0 aliphatic heterocycles. The van der Waals surface area contributed by atoms with Crippen LogP contribution in [0.3, 0.4) is 0 Å². The van der Waals surface area contributed by atoms with E-state index in [0.717, 1.165) is 6.42 Å². The summed E-state index contributed by atoms with van der Waals surface area (Å²) in [6, 6.07) is 0. The van der Waals surface area contributed by atoms with Crippen molar-refractivity contribution in [2.45, 2.75) is 52.3 Å². The third kappa shape index (κ3) is 7.70. The summed E-state index contributed by atoms with van der Waals surface area (Å²) < 4.78 is 0. The number of unbranched alkanes of at least 4 members (excludes halogenated alkanes) is 1. The van der Waals surface area contributed by atoms with Gasteiger partial charge in [0.15, 0.2) is 0 Å². The van der Waals surface area contributed by atoms with Gasteiger partial charge < -0.3 is 0 Å². The second-order valence-electron chi connectivity index (χ2n) is 3.38. The van der Waals surface area contributed by atoms with E-state index < -0.39 is 0 Å². The molecule has 0 spiro atoms. The first-order valence-corrected chi connectivity index (χ1v) is 4.55. The van der Waals surface area contributed by atoms with Crippen LogP contribution in [0.15, 0.2) is 11.6 Å². The quantitative estimate of drug-likeness (QED) is 0.319. The van der Waals surface area contributed by atoms with Gasteiger partial charge in [-0.1, -0.05) is 43.7 Å². The molecule has 0 N–H and O–H groups in total. The highest BCUT2D eigenvalue weighted by Gasteiger charge is 1.95. The van der Waals surface area contributed by atoms with Gasteiger partial charge in [0.05, 0.1) is 7.85 Å². The van der Waals surface area contributed by atoms with Crippen molar-refractivity contribution in [2.75, 3.05) is 0 Å². The van der Waals surface area contributed by atoms with Crippen molar-refractivity contribution in [3.05, 3.63) is 11.6 Å². The third-order valence-electron chi connectivity index (χ3n) is 1.86. The molecule has 0 aliphatic rings. The molecule has 0 aromatic rings. The summed E-state index contributed by atoms with van der Waals surface area (Å²) in [6.45, 7) is 6.42. The fourth-order valence-electron chi connectivity index (χ4n) is 0.975. The molecule has 0 aromatic carbocycles. The molecule has 0 bridgehead atoms. The van der Waals surface area contributed by atoms with Crippen LogP contribution < -0.4 is 0 Å². The third-order valence-corrected chi connectivity index (χ3v) is 1.86. The van der Waals surface area contributed by atoms with E-state index in [1.54, 1.807) is 0 Å².